The Hall–Kier alpha value is -3.17. The highest BCUT2D eigenvalue weighted by atomic mass is 35.5. The summed E-state index contributed by atoms with van der Waals surface area (Å²) in [5.41, 5.74) is 2.31. The number of nitro groups is 1. The number of fused-ring (bicyclic) bond motifs is 1. The summed E-state index contributed by atoms with van der Waals surface area (Å²) in [5, 5.41) is 10.5. The number of rotatable bonds is 4. The van der Waals surface area contributed by atoms with E-state index in [1.165, 1.54) is 29.8 Å². The van der Waals surface area contributed by atoms with Crippen molar-refractivity contribution in [1.29, 1.82) is 0 Å². The predicted octanol–water partition coefficient (Wildman–Crippen LogP) is 3.87. The van der Waals surface area contributed by atoms with Gasteiger partial charge < -0.3 is 4.90 Å². The molecule has 10 heteroatoms. The molecule has 0 unspecified atom stereocenters. The molecule has 4 rings (SSSR count). The molecule has 2 heterocycles. The Kier molecular flexibility index (Phi) is 5.79. The number of nitrogens with zero attached hydrogens (tertiary/aromatic N) is 3. The Morgan fingerprint density at radius 1 is 1.19 bits per heavy atom. The van der Waals surface area contributed by atoms with Crippen LogP contribution < -0.4 is 0 Å². The first-order valence-electron chi connectivity index (χ1n) is 9.37. The molecule has 3 amide bonds. The lowest BCUT2D eigenvalue weighted by atomic mass is 10.00. The number of hydrogen-bond donors (Lipinski definition) is 0. The average molecular weight is 458 g/mol. The van der Waals surface area contributed by atoms with Crippen molar-refractivity contribution in [3.63, 3.8) is 0 Å². The molecular formula is C21H16ClN3O5S. The zero-order valence-corrected chi connectivity index (χ0v) is 17.7. The number of hydrogen-bond acceptors (Lipinski definition) is 6. The molecule has 0 N–H and O–H groups in total. The second kappa shape index (κ2) is 8.52. The van der Waals surface area contributed by atoms with Crippen LogP contribution in [0, 0.1) is 10.1 Å². The Morgan fingerprint density at radius 2 is 1.94 bits per heavy atom. The molecule has 0 radical (unpaired) electrons. The van der Waals surface area contributed by atoms with E-state index in [1.807, 2.05) is 24.3 Å². The summed E-state index contributed by atoms with van der Waals surface area (Å²) < 4.78 is 0. The quantitative estimate of drug-likeness (QED) is 0.392. The predicted molar refractivity (Wildman–Crippen MR) is 116 cm³/mol. The maximum atomic E-state index is 12.7. The Labute approximate surface area is 186 Å². The third-order valence-corrected chi connectivity index (χ3v) is 6.34. The van der Waals surface area contributed by atoms with E-state index in [-0.39, 0.29) is 28.1 Å². The normalized spacial score (nSPS) is 17.3. The third-order valence-electron chi connectivity index (χ3n) is 5.11. The van der Waals surface area contributed by atoms with Crippen molar-refractivity contribution in [2.45, 2.75) is 13.0 Å². The monoisotopic (exact) mass is 457 g/mol. The van der Waals surface area contributed by atoms with Crippen molar-refractivity contribution in [3.8, 4) is 0 Å². The number of amides is 3. The fourth-order valence-corrected chi connectivity index (χ4v) is 4.52. The largest absolute Gasteiger partial charge is 0.336 e. The van der Waals surface area contributed by atoms with E-state index in [2.05, 4.69) is 0 Å². The van der Waals surface area contributed by atoms with Gasteiger partial charge in [0.2, 0.25) is 5.91 Å². The highest BCUT2D eigenvalue weighted by Gasteiger charge is 2.37. The number of carbonyl (C=O) groups is 3. The van der Waals surface area contributed by atoms with Gasteiger partial charge in [-0.25, -0.2) is 0 Å². The molecule has 0 spiro atoms. The van der Waals surface area contributed by atoms with E-state index in [0.717, 1.165) is 16.9 Å². The summed E-state index contributed by atoms with van der Waals surface area (Å²) in [5.74, 6) is -0.904. The molecule has 8 nitrogen and oxygen atoms in total. The highest BCUT2D eigenvalue weighted by molar-refractivity contribution is 8.18. The molecule has 1 saturated heterocycles. The molecule has 1 fully saturated rings. The van der Waals surface area contributed by atoms with Crippen LogP contribution in [-0.4, -0.2) is 44.9 Å². The fraction of sp³-hybridized carbons (Fsp3) is 0.190. The molecular weight excluding hydrogens is 442 g/mol. The van der Waals surface area contributed by atoms with E-state index in [4.69, 9.17) is 11.6 Å². The Balaban J connectivity index is 1.48. The maximum absolute atomic E-state index is 12.7. The van der Waals surface area contributed by atoms with Crippen LogP contribution in [0.2, 0.25) is 5.02 Å². The summed E-state index contributed by atoms with van der Waals surface area (Å²) in [4.78, 5) is 50.9. The van der Waals surface area contributed by atoms with E-state index < -0.39 is 16.1 Å². The van der Waals surface area contributed by atoms with Crippen LogP contribution in [0.25, 0.3) is 6.08 Å². The zero-order chi connectivity index (χ0) is 22.1. The van der Waals surface area contributed by atoms with E-state index in [0.29, 0.717) is 30.4 Å². The number of halogens is 1. The van der Waals surface area contributed by atoms with Gasteiger partial charge in [-0.05, 0) is 47.0 Å². The van der Waals surface area contributed by atoms with Gasteiger partial charge in [0, 0.05) is 19.2 Å². The van der Waals surface area contributed by atoms with Crippen LogP contribution in [0.5, 0.6) is 0 Å². The fourth-order valence-electron chi connectivity index (χ4n) is 3.49. The van der Waals surface area contributed by atoms with Crippen molar-refractivity contribution in [2.24, 2.45) is 0 Å². The second-order valence-electron chi connectivity index (χ2n) is 7.07. The smallest absolute Gasteiger partial charge is 0.294 e. The number of benzene rings is 2. The lowest BCUT2D eigenvalue weighted by molar-refractivity contribution is -0.384. The van der Waals surface area contributed by atoms with E-state index in [9.17, 15) is 24.5 Å². The lowest BCUT2D eigenvalue weighted by Gasteiger charge is -2.29. The molecule has 2 aliphatic heterocycles. The summed E-state index contributed by atoms with van der Waals surface area (Å²) >= 11 is 6.50. The maximum Gasteiger partial charge on any atom is 0.294 e. The lowest BCUT2D eigenvalue weighted by Crippen LogP contribution is -2.44. The number of carbonyl (C=O) groups excluding carboxylic acids is 3. The van der Waals surface area contributed by atoms with E-state index >= 15 is 0 Å². The highest BCUT2D eigenvalue weighted by Crippen LogP contribution is 2.34. The molecule has 2 aromatic rings. The van der Waals surface area contributed by atoms with Crippen LogP contribution in [0.15, 0.2) is 47.4 Å². The van der Waals surface area contributed by atoms with Gasteiger partial charge >= 0.3 is 0 Å². The molecule has 2 aliphatic rings. The van der Waals surface area contributed by atoms with E-state index in [1.54, 1.807) is 4.90 Å². The molecule has 0 aromatic heterocycles. The molecule has 2 aromatic carbocycles. The average Bonchev–Trinajstić information content (AvgIpc) is 3.01. The zero-order valence-electron chi connectivity index (χ0n) is 16.1. The van der Waals surface area contributed by atoms with Crippen LogP contribution in [-0.2, 0) is 22.6 Å². The molecule has 0 atom stereocenters. The van der Waals surface area contributed by atoms with Crippen molar-refractivity contribution >= 4 is 52.2 Å². The number of imide groups is 1. The van der Waals surface area contributed by atoms with Crippen molar-refractivity contribution < 1.29 is 19.3 Å². The first-order chi connectivity index (χ1) is 14.8. The molecule has 158 valence electrons. The Morgan fingerprint density at radius 3 is 2.68 bits per heavy atom. The standard InChI is InChI=1S/C21H16ClN3O5S/c22-16-6-5-13(9-17(16)25(29)30)10-18-20(27)24(21(28)31-18)12-19(26)23-8-7-14-3-1-2-4-15(14)11-23/h1-6,9-10H,7-8,11-12H2/b18-10-. The first-order valence-corrected chi connectivity index (χ1v) is 10.6. The summed E-state index contributed by atoms with van der Waals surface area (Å²) in [6.45, 7) is 0.622. The molecule has 0 bridgehead atoms. The van der Waals surface area contributed by atoms with Crippen molar-refractivity contribution in [1.82, 2.24) is 9.80 Å². The van der Waals surface area contributed by atoms with Crippen molar-refractivity contribution in [2.75, 3.05) is 13.1 Å². The first kappa shape index (κ1) is 21.1. The van der Waals surface area contributed by atoms with Crippen LogP contribution in [0.3, 0.4) is 0 Å². The molecule has 0 aliphatic carbocycles. The van der Waals surface area contributed by atoms with Crippen molar-refractivity contribution in [3.05, 3.63) is 79.2 Å². The summed E-state index contributed by atoms with van der Waals surface area (Å²) in [7, 11) is 0. The minimum atomic E-state index is -0.624. The number of thioether (sulfide) groups is 1. The second-order valence-corrected chi connectivity index (χ2v) is 8.47. The summed E-state index contributed by atoms with van der Waals surface area (Å²) in [6.07, 6.45) is 2.11. The summed E-state index contributed by atoms with van der Waals surface area (Å²) in [6, 6.07) is 12.0. The van der Waals surface area contributed by atoms with Gasteiger partial charge in [-0.2, -0.15) is 0 Å². The topological polar surface area (TPSA) is 101 Å². The van der Waals surface area contributed by atoms with Gasteiger partial charge in [-0.1, -0.05) is 41.9 Å². The SMILES string of the molecule is O=C(CN1C(=O)S/C(=C\c2ccc(Cl)c([N+](=O)[O-])c2)C1=O)N1CCc2ccccc2C1. The Bertz CT molecular complexity index is 1150. The van der Waals surface area contributed by atoms with Gasteiger partial charge in [-0.15, -0.1) is 0 Å². The minimum absolute atomic E-state index is 0.0241. The molecule has 31 heavy (non-hydrogen) atoms. The van der Waals surface area contributed by atoms with Crippen LogP contribution >= 0.6 is 23.4 Å². The minimum Gasteiger partial charge on any atom is -0.336 e. The van der Waals surface area contributed by atoms with Crippen LogP contribution in [0.1, 0.15) is 16.7 Å². The number of nitro benzene ring substituents is 1. The molecule has 0 saturated carbocycles. The van der Waals surface area contributed by atoms with Crippen LogP contribution in [0.4, 0.5) is 10.5 Å². The van der Waals surface area contributed by atoms with Gasteiger partial charge in [-0.3, -0.25) is 29.4 Å². The van der Waals surface area contributed by atoms with Gasteiger partial charge in [0.15, 0.2) is 0 Å². The van der Waals surface area contributed by atoms with Gasteiger partial charge in [0.05, 0.1) is 9.83 Å². The third kappa shape index (κ3) is 4.33. The van der Waals surface area contributed by atoms with Gasteiger partial charge in [0.1, 0.15) is 11.6 Å². The van der Waals surface area contributed by atoms with Gasteiger partial charge in [0.25, 0.3) is 16.8 Å².